The Morgan fingerprint density at radius 2 is 1.88 bits per heavy atom. The van der Waals surface area contributed by atoms with Crippen LogP contribution < -0.4 is 5.32 Å². The second-order valence-electron chi connectivity index (χ2n) is 4.10. The van der Waals surface area contributed by atoms with Gasteiger partial charge in [-0.1, -0.05) is 6.42 Å². The number of nitrogens with one attached hydrogen (secondary N) is 1. The first-order chi connectivity index (χ1) is 8.06. The molecule has 0 aromatic rings. The van der Waals surface area contributed by atoms with E-state index >= 15 is 0 Å². The number of hydrogen-bond donors (Lipinski definition) is 1. The van der Waals surface area contributed by atoms with E-state index in [1.54, 1.807) is 0 Å². The minimum Gasteiger partial charge on any atom is -0.469 e. The highest BCUT2D eigenvalue weighted by Gasteiger charge is 2.03. The fraction of sp³-hybridized carbons (Fsp3) is 0.833. The molecule has 100 valence electrons. The van der Waals surface area contributed by atoms with Crippen molar-refractivity contribution < 1.29 is 19.1 Å². The predicted octanol–water partition coefficient (Wildman–Crippen LogP) is 1.26. The Kier molecular flexibility index (Phi) is 9.43. The minimum atomic E-state index is -0.181. The van der Waals surface area contributed by atoms with Gasteiger partial charge in [0.2, 0.25) is 5.91 Å². The van der Waals surface area contributed by atoms with Crippen molar-refractivity contribution in [2.24, 2.45) is 0 Å². The lowest BCUT2D eigenvalue weighted by Gasteiger charge is -2.08. The molecule has 0 unspecified atom stereocenters. The highest BCUT2D eigenvalue weighted by atomic mass is 16.5. The van der Waals surface area contributed by atoms with Gasteiger partial charge < -0.3 is 14.8 Å². The average Bonchev–Trinajstić information content (AvgIpc) is 2.30. The monoisotopic (exact) mass is 245 g/mol. The number of carbonyl (C=O) groups is 2. The molecule has 1 amide bonds. The van der Waals surface area contributed by atoms with Crippen LogP contribution in [-0.2, 0) is 19.1 Å². The van der Waals surface area contributed by atoms with Crippen LogP contribution in [0.25, 0.3) is 0 Å². The number of rotatable bonds is 9. The minimum absolute atomic E-state index is 0.0702. The molecule has 0 rings (SSSR count). The topological polar surface area (TPSA) is 64.6 Å². The van der Waals surface area contributed by atoms with Crippen molar-refractivity contribution in [3.63, 3.8) is 0 Å². The number of ether oxygens (including phenoxy) is 2. The van der Waals surface area contributed by atoms with Gasteiger partial charge in [-0.2, -0.15) is 0 Å². The van der Waals surface area contributed by atoms with E-state index in [0.29, 0.717) is 13.0 Å². The highest BCUT2D eigenvalue weighted by Crippen LogP contribution is 1.99. The molecule has 0 aromatic carbocycles. The second kappa shape index (κ2) is 10.1. The molecule has 5 heteroatoms. The van der Waals surface area contributed by atoms with E-state index in [9.17, 15) is 9.59 Å². The third kappa shape index (κ3) is 11.2. The zero-order valence-corrected chi connectivity index (χ0v) is 11.0. The SMILES string of the molecule is COC(=O)CCCCCNC(=O)COC(C)C. The van der Waals surface area contributed by atoms with Crippen LogP contribution in [0.4, 0.5) is 0 Å². The normalized spacial score (nSPS) is 10.4. The van der Waals surface area contributed by atoms with E-state index in [-0.39, 0.29) is 24.6 Å². The molecule has 0 saturated heterocycles. The van der Waals surface area contributed by atoms with E-state index in [2.05, 4.69) is 10.1 Å². The van der Waals surface area contributed by atoms with Crippen LogP contribution in [0.1, 0.15) is 39.5 Å². The molecule has 0 radical (unpaired) electrons. The van der Waals surface area contributed by atoms with Gasteiger partial charge in [-0.15, -0.1) is 0 Å². The van der Waals surface area contributed by atoms with E-state index in [0.717, 1.165) is 19.3 Å². The molecular formula is C12H23NO4. The van der Waals surface area contributed by atoms with Crippen LogP contribution in [0, 0.1) is 0 Å². The Labute approximate surface area is 103 Å². The molecule has 0 saturated carbocycles. The lowest BCUT2D eigenvalue weighted by molar-refractivity contribution is -0.140. The highest BCUT2D eigenvalue weighted by molar-refractivity contribution is 5.77. The molecule has 0 aromatic heterocycles. The number of amides is 1. The maximum absolute atomic E-state index is 11.2. The molecule has 5 nitrogen and oxygen atoms in total. The molecule has 0 atom stereocenters. The first kappa shape index (κ1) is 15.9. The molecule has 0 aliphatic rings. The number of hydrogen-bond acceptors (Lipinski definition) is 4. The quantitative estimate of drug-likeness (QED) is 0.490. The van der Waals surface area contributed by atoms with Gasteiger partial charge in [0.15, 0.2) is 0 Å². The van der Waals surface area contributed by atoms with Crippen molar-refractivity contribution in [3.8, 4) is 0 Å². The van der Waals surface area contributed by atoms with Gasteiger partial charge in [0.05, 0.1) is 13.2 Å². The second-order valence-corrected chi connectivity index (χ2v) is 4.10. The van der Waals surface area contributed by atoms with Crippen LogP contribution in [0.2, 0.25) is 0 Å². The van der Waals surface area contributed by atoms with E-state index in [4.69, 9.17) is 4.74 Å². The fourth-order valence-electron chi connectivity index (χ4n) is 1.19. The van der Waals surface area contributed by atoms with Crippen molar-refractivity contribution in [2.75, 3.05) is 20.3 Å². The average molecular weight is 245 g/mol. The van der Waals surface area contributed by atoms with Crippen LogP contribution in [0.15, 0.2) is 0 Å². The van der Waals surface area contributed by atoms with Crippen molar-refractivity contribution in [3.05, 3.63) is 0 Å². The van der Waals surface area contributed by atoms with E-state index < -0.39 is 0 Å². The number of esters is 1. The van der Waals surface area contributed by atoms with E-state index in [1.165, 1.54) is 7.11 Å². The predicted molar refractivity (Wildman–Crippen MR) is 64.6 cm³/mol. The molecule has 0 aliphatic heterocycles. The van der Waals surface area contributed by atoms with Gasteiger partial charge in [-0.3, -0.25) is 9.59 Å². The summed E-state index contributed by atoms with van der Waals surface area (Å²) in [7, 11) is 1.39. The van der Waals surface area contributed by atoms with Gasteiger partial charge in [0.1, 0.15) is 6.61 Å². The Hall–Kier alpha value is -1.10. The third-order valence-electron chi connectivity index (χ3n) is 2.16. The van der Waals surface area contributed by atoms with Gasteiger partial charge >= 0.3 is 5.97 Å². The Morgan fingerprint density at radius 3 is 2.47 bits per heavy atom. The lowest BCUT2D eigenvalue weighted by Crippen LogP contribution is -2.29. The summed E-state index contributed by atoms with van der Waals surface area (Å²) < 4.78 is 9.68. The standard InChI is InChI=1S/C12H23NO4/c1-10(2)17-9-11(14)13-8-6-4-5-7-12(15)16-3/h10H,4-9H2,1-3H3,(H,13,14). The molecule has 0 spiro atoms. The largest absolute Gasteiger partial charge is 0.469 e. The Balaban J connectivity index is 3.27. The summed E-state index contributed by atoms with van der Waals surface area (Å²) in [6, 6.07) is 0. The third-order valence-corrected chi connectivity index (χ3v) is 2.16. The molecule has 0 aliphatic carbocycles. The van der Waals surface area contributed by atoms with Crippen LogP contribution in [0.3, 0.4) is 0 Å². The fourth-order valence-corrected chi connectivity index (χ4v) is 1.19. The summed E-state index contributed by atoms with van der Waals surface area (Å²) in [6.07, 6.45) is 3.08. The molecule has 0 bridgehead atoms. The van der Waals surface area contributed by atoms with Gasteiger partial charge in [-0.25, -0.2) is 0 Å². The molecule has 0 heterocycles. The first-order valence-electron chi connectivity index (χ1n) is 6.01. The summed E-state index contributed by atoms with van der Waals surface area (Å²) in [5.74, 6) is -0.272. The molecule has 17 heavy (non-hydrogen) atoms. The maximum Gasteiger partial charge on any atom is 0.305 e. The zero-order valence-electron chi connectivity index (χ0n) is 11.0. The van der Waals surface area contributed by atoms with Crippen LogP contribution in [-0.4, -0.2) is 38.2 Å². The van der Waals surface area contributed by atoms with Gasteiger partial charge in [-0.05, 0) is 26.7 Å². The maximum atomic E-state index is 11.2. The Bertz CT molecular complexity index is 229. The van der Waals surface area contributed by atoms with Crippen molar-refractivity contribution in [2.45, 2.75) is 45.6 Å². The molecule has 0 fully saturated rings. The van der Waals surface area contributed by atoms with Crippen molar-refractivity contribution >= 4 is 11.9 Å². The van der Waals surface area contributed by atoms with Crippen molar-refractivity contribution in [1.29, 1.82) is 0 Å². The number of methoxy groups -OCH3 is 1. The smallest absolute Gasteiger partial charge is 0.305 e. The number of unbranched alkanes of at least 4 members (excludes halogenated alkanes) is 2. The Morgan fingerprint density at radius 1 is 1.18 bits per heavy atom. The van der Waals surface area contributed by atoms with E-state index in [1.807, 2.05) is 13.8 Å². The van der Waals surface area contributed by atoms with Gasteiger partial charge in [0.25, 0.3) is 0 Å². The van der Waals surface area contributed by atoms with Crippen LogP contribution in [0.5, 0.6) is 0 Å². The summed E-state index contributed by atoms with van der Waals surface area (Å²) in [5.41, 5.74) is 0. The van der Waals surface area contributed by atoms with Gasteiger partial charge in [0, 0.05) is 13.0 Å². The molecular weight excluding hydrogens is 222 g/mol. The molecule has 1 N–H and O–H groups in total. The van der Waals surface area contributed by atoms with Crippen LogP contribution >= 0.6 is 0 Å². The summed E-state index contributed by atoms with van der Waals surface area (Å²) in [5, 5.41) is 2.76. The summed E-state index contributed by atoms with van der Waals surface area (Å²) >= 11 is 0. The lowest BCUT2D eigenvalue weighted by atomic mass is 10.2. The summed E-state index contributed by atoms with van der Waals surface area (Å²) in [4.78, 5) is 22.0. The summed E-state index contributed by atoms with van der Waals surface area (Å²) in [6.45, 7) is 4.52. The van der Waals surface area contributed by atoms with Crippen molar-refractivity contribution in [1.82, 2.24) is 5.32 Å². The zero-order chi connectivity index (χ0) is 13.1. The number of carbonyl (C=O) groups excluding carboxylic acids is 2. The first-order valence-corrected chi connectivity index (χ1v) is 6.01.